The summed E-state index contributed by atoms with van der Waals surface area (Å²) in [4.78, 5) is 13.6. The molecule has 0 spiro atoms. The number of aromatic nitrogens is 1. The minimum absolute atomic E-state index is 0.185. The summed E-state index contributed by atoms with van der Waals surface area (Å²) < 4.78 is 0. The van der Waals surface area contributed by atoms with Crippen molar-refractivity contribution in [3.8, 4) is 0 Å². The van der Waals surface area contributed by atoms with Gasteiger partial charge in [0.05, 0.1) is 5.69 Å². The van der Waals surface area contributed by atoms with Gasteiger partial charge in [-0.15, -0.1) is 0 Å². The standard InChI is InChI=1S/C7H6ClNO/c1-2-5-7(8)6(10)3-4-9-5/h2-4H,1H2,(H,9,10). The Hall–Kier alpha value is -1.02. The van der Waals surface area contributed by atoms with E-state index >= 15 is 0 Å². The first-order valence-electron chi connectivity index (χ1n) is 2.75. The highest BCUT2D eigenvalue weighted by molar-refractivity contribution is 6.31. The molecule has 1 N–H and O–H groups in total. The van der Waals surface area contributed by atoms with Gasteiger partial charge >= 0.3 is 0 Å². The third kappa shape index (κ3) is 1.11. The van der Waals surface area contributed by atoms with Crippen molar-refractivity contribution in [2.45, 2.75) is 0 Å². The highest BCUT2D eigenvalue weighted by atomic mass is 35.5. The zero-order valence-electron chi connectivity index (χ0n) is 5.23. The minimum Gasteiger partial charge on any atom is -0.360 e. The molecular formula is C7H6ClNO. The van der Waals surface area contributed by atoms with Crippen molar-refractivity contribution < 1.29 is 0 Å². The van der Waals surface area contributed by atoms with Gasteiger partial charge in [-0.1, -0.05) is 18.2 Å². The summed E-state index contributed by atoms with van der Waals surface area (Å²) in [5, 5.41) is 0.192. The Labute approximate surface area is 63.2 Å². The summed E-state index contributed by atoms with van der Waals surface area (Å²) in [7, 11) is 0. The van der Waals surface area contributed by atoms with Crippen molar-refractivity contribution in [3.05, 3.63) is 39.8 Å². The molecule has 0 aliphatic carbocycles. The molecule has 0 radical (unpaired) electrons. The Morgan fingerprint density at radius 1 is 1.70 bits per heavy atom. The molecule has 1 aromatic heterocycles. The molecule has 1 rings (SSSR count). The van der Waals surface area contributed by atoms with E-state index < -0.39 is 0 Å². The van der Waals surface area contributed by atoms with Crippen LogP contribution in [0.2, 0.25) is 5.02 Å². The van der Waals surface area contributed by atoms with Crippen molar-refractivity contribution in [3.63, 3.8) is 0 Å². The van der Waals surface area contributed by atoms with Crippen LogP contribution in [0.3, 0.4) is 0 Å². The van der Waals surface area contributed by atoms with Gasteiger partial charge in [-0.25, -0.2) is 0 Å². The molecule has 0 bridgehead atoms. The van der Waals surface area contributed by atoms with Crippen LogP contribution in [0, 0.1) is 0 Å². The van der Waals surface area contributed by atoms with E-state index in [1.165, 1.54) is 18.3 Å². The lowest BCUT2D eigenvalue weighted by Gasteiger charge is -1.93. The van der Waals surface area contributed by atoms with Crippen LogP contribution < -0.4 is 5.43 Å². The van der Waals surface area contributed by atoms with Gasteiger partial charge in [0.2, 0.25) is 5.43 Å². The van der Waals surface area contributed by atoms with E-state index in [2.05, 4.69) is 11.6 Å². The van der Waals surface area contributed by atoms with Crippen LogP contribution in [0.5, 0.6) is 0 Å². The van der Waals surface area contributed by atoms with Crippen LogP contribution in [0.1, 0.15) is 5.69 Å². The molecule has 0 fully saturated rings. The molecule has 0 aliphatic heterocycles. The number of halogens is 1. The van der Waals surface area contributed by atoms with Gasteiger partial charge in [-0.3, -0.25) is 4.79 Å². The van der Waals surface area contributed by atoms with E-state index in [0.717, 1.165) is 0 Å². The Balaban J connectivity index is 3.41. The SMILES string of the molecule is C=Cc1[nH]ccc(=O)c1Cl. The lowest BCUT2D eigenvalue weighted by Crippen LogP contribution is -2.01. The largest absolute Gasteiger partial charge is 0.360 e. The van der Waals surface area contributed by atoms with Gasteiger partial charge in [0.1, 0.15) is 5.02 Å². The average Bonchev–Trinajstić information content (AvgIpc) is 1.95. The maximum Gasteiger partial charge on any atom is 0.200 e. The maximum absolute atomic E-state index is 10.8. The van der Waals surface area contributed by atoms with Gasteiger partial charge in [0.25, 0.3) is 0 Å². The van der Waals surface area contributed by atoms with Crippen molar-refractivity contribution in [2.24, 2.45) is 0 Å². The summed E-state index contributed by atoms with van der Waals surface area (Å²) in [6, 6.07) is 1.37. The molecule has 0 amide bonds. The number of hydrogen-bond acceptors (Lipinski definition) is 1. The van der Waals surface area contributed by atoms with Crippen LogP contribution in [-0.4, -0.2) is 4.98 Å². The topological polar surface area (TPSA) is 32.9 Å². The van der Waals surface area contributed by atoms with E-state index in [0.29, 0.717) is 5.69 Å². The number of pyridine rings is 1. The fourth-order valence-electron chi connectivity index (χ4n) is 0.625. The van der Waals surface area contributed by atoms with Gasteiger partial charge in [-0.05, 0) is 6.08 Å². The summed E-state index contributed by atoms with van der Waals surface area (Å²) in [6.45, 7) is 3.48. The zero-order chi connectivity index (χ0) is 7.56. The van der Waals surface area contributed by atoms with Crippen molar-refractivity contribution >= 4 is 17.7 Å². The van der Waals surface area contributed by atoms with E-state index in [4.69, 9.17) is 11.6 Å². The molecule has 0 saturated heterocycles. The molecule has 3 heteroatoms. The predicted molar refractivity (Wildman–Crippen MR) is 42.2 cm³/mol. The Morgan fingerprint density at radius 3 is 2.90 bits per heavy atom. The quantitative estimate of drug-likeness (QED) is 0.658. The smallest absolute Gasteiger partial charge is 0.200 e. The summed E-state index contributed by atoms with van der Waals surface area (Å²) in [5.41, 5.74) is 0.379. The summed E-state index contributed by atoms with van der Waals surface area (Å²) in [6.07, 6.45) is 3.04. The normalized spacial score (nSPS) is 9.30. The van der Waals surface area contributed by atoms with Crippen molar-refractivity contribution in [2.75, 3.05) is 0 Å². The van der Waals surface area contributed by atoms with E-state index in [1.54, 1.807) is 0 Å². The summed E-state index contributed by atoms with van der Waals surface area (Å²) in [5.74, 6) is 0. The maximum atomic E-state index is 10.8. The fraction of sp³-hybridized carbons (Fsp3) is 0. The lowest BCUT2D eigenvalue weighted by molar-refractivity contribution is 1.27. The number of hydrogen-bond donors (Lipinski definition) is 1. The van der Waals surface area contributed by atoms with E-state index in [-0.39, 0.29) is 10.5 Å². The Morgan fingerprint density at radius 2 is 2.40 bits per heavy atom. The molecule has 52 valence electrons. The Bertz CT molecular complexity index is 303. The van der Waals surface area contributed by atoms with Crippen LogP contribution in [-0.2, 0) is 0 Å². The number of aromatic amines is 1. The molecule has 0 unspecified atom stereocenters. The Kier molecular flexibility index (Phi) is 1.92. The van der Waals surface area contributed by atoms with Crippen LogP contribution in [0.15, 0.2) is 23.6 Å². The first kappa shape index (κ1) is 7.09. The first-order chi connectivity index (χ1) is 4.75. The molecule has 0 aliphatic rings. The predicted octanol–water partition coefficient (Wildman–Crippen LogP) is 1.67. The molecule has 1 heterocycles. The molecule has 0 atom stereocenters. The highest BCUT2D eigenvalue weighted by Gasteiger charge is 1.97. The number of H-pyrrole nitrogens is 1. The molecular weight excluding hydrogens is 150 g/mol. The van der Waals surface area contributed by atoms with Crippen LogP contribution in [0.4, 0.5) is 0 Å². The fourth-order valence-corrected chi connectivity index (χ4v) is 0.820. The van der Waals surface area contributed by atoms with Crippen LogP contribution >= 0.6 is 11.6 Å². The zero-order valence-corrected chi connectivity index (χ0v) is 5.98. The molecule has 1 aromatic rings. The van der Waals surface area contributed by atoms with Crippen molar-refractivity contribution in [1.29, 1.82) is 0 Å². The van der Waals surface area contributed by atoms with Crippen LogP contribution in [0.25, 0.3) is 6.08 Å². The second-order valence-electron chi connectivity index (χ2n) is 1.77. The van der Waals surface area contributed by atoms with E-state index in [9.17, 15) is 4.79 Å². The second-order valence-corrected chi connectivity index (χ2v) is 2.15. The highest BCUT2D eigenvalue weighted by Crippen LogP contribution is 2.06. The molecule has 0 saturated carbocycles. The summed E-state index contributed by atoms with van der Waals surface area (Å²) >= 11 is 5.58. The number of nitrogens with one attached hydrogen (secondary N) is 1. The lowest BCUT2D eigenvalue weighted by atomic mass is 10.3. The third-order valence-corrected chi connectivity index (χ3v) is 1.52. The van der Waals surface area contributed by atoms with Gasteiger partial charge in [-0.2, -0.15) is 0 Å². The molecule has 0 aromatic carbocycles. The average molecular weight is 156 g/mol. The molecule has 10 heavy (non-hydrogen) atoms. The third-order valence-electron chi connectivity index (χ3n) is 1.13. The van der Waals surface area contributed by atoms with Gasteiger partial charge in [0.15, 0.2) is 0 Å². The number of rotatable bonds is 1. The second kappa shape index (κ2) is 2.71. The minimum atomic E-state index is -0.185. The monoisotopic (exact) mass is 155 g/mol. The van der Waals surface area contributed by atoms with E-state index in [1.807, 2.05) is 0 Å². The van der Waals surface area contributed by atoms with Gasteiger partial charge < -0.3 is 4.98 Å². The molecule has 2 nitrogen and oxygen atoms in total. The van der Waals surface area contributed by atoms with Gasteiger partial charge in [0, 0.05) is 12.3 Å². The first-order valence-corrected chi connectivity index (χ1v) is 3.13. The van der Waals surface area contributed by atoms with Crippen molar-refractivity contribution in [1.82, 2.24) is 4.98 Å².